The van der Waals surface area contributed by atoms with E-state index in [9.17, 15) is 9.18 Å². The molecule has 18 heavy (non-hydrogen) atoms. The normalized spacial score (nSPS) is 19.3. The highest BCUT2D eigenvalue weighted by molar-refractivity contribution is 5.94. The van der Waals surface area contributed by atoms with Crippen molar-refractivity contribution in [3.05, 3.63) is 24.0 Å². The third-order valence-corrected chi connectivity index (χ3v) is 2.64. The van der Waals surface area contributed by atoms with E-state index < -0.39 is 11.9 Å². The van der Waals surface area contributed by atoms with Crippen LogP contribution in [0.3, 0.4) is 0 Å². The van der Waals surface area contributed by atoms with Crippen LogP contribution in [0.5, 0.6) is 5.75 Å². The number of carbonyl (C=O) groups excluding carboxylic acids is 1. The van der Waals surface area contributed by atoms with E-state index in [1.54, 1.807) is 6.07 Å². The standard InChI is InChI=1S/C12H15FN2O3/c1-17-10-3-2-8(6-9(10)13)15-12(16)11-7-14-4-5-18-11/h2-3,6,11,14H,4-5,7H2,1H3,(H,15,16). The molecule has 1 atom stereocenters. The number of hydrogen-bond acceptors (Lipinski definition) is 4. The van der Waals surface area contributed by atoms with Gasteiger partial charge < -0.3 is 20.1 Å². The van der Waals surface area contributed by atoms with Gasteiger partial charge in [0.05, 0.1) is 13.7 Å². The fourth-order valence-corrected chi connectivity index (χ4v) is 1.70. The Balaban J connectivity index is 2.00. The summed E-state index contributed by atoms with van der Waals surface area (Å²) in [6.07, 6.45) is -0.538. The molecule has 1 unspecified atom stereocenters. The summed E-state index contributed by atoms with van der Waals surface area (Å²) in [6.45, 7) is 1.69. The molecule has 1 saturated heterocycles. The summed E-state index contributed by atoms with van der Waals surface area (Å²) in [5.74, 6) is -0.659. The van der Waals surface area contributed by atoms with Crippen molar-refractivity contribution in [3.63, 3.8) is 0 Å². The van der Waals surface area contributed by atoms with Crippen LogP contribution in [0.1, 0.15) is 0 Å². The van der Waals surface area contributed by atoms with Crippen LogP contribution in [0.2, 0.25) is 0 Å². The molecule has 0 aromatic heterocycles. The van der Waals surface area contributed by atoms with Crippen LogP contribution in [0.25, 0.3) is 0 Å². The molecule has 1 amide bonds. The summed E-state index contributed by atoms with van der Waals surface area (Å²) in [6, 6.07) is 4.26. The molecule has 1 fully saturated rings. The first-order valence-corrected chi connectivity index (χ1v) is 5.67. The zero-order chi connectivity index (χ0) is 13.0. The van der Waals surface area contributed by atoms with Gasteiger partial charge in [-0.05, 0) is 12.1 Å². The van der Waals surface area contributed by atoms with E-state index in [0.29, 0.717) is 18.8 Å². The zero-order valence-corrected chi connectivity index (χ0v) is 10.0. The topological polar surface area (TPSA) is 59.6 Å². The van der Waals surface area contributed by atoms with Gasteiger partial charge in [0.15, 0.2) is 11.6 Å². The predicted octanol–water partition coefficient (Wildman–Crippen LogP) is 0.761. The van der Waals surface area contributed by atoms with E-state index in [1.165, 1.54) is 19.2 Å². The number of benzene rings is 1. The van der Waals surface area contributed by atoms with Crippen molar-refractivity contribution in [1.29, 1.82) is 0 Å². The van der Waals surface area contributed by atoms with Crippen LogP contribution >= 0.6 is 0 Å². The summed E-state index contributed by atoms with van der Waals surface area (Å²) in [4.78, 5) is 11.8. The predicted molar refractivity (Wildman–Crippen MR) is 64.2 cm³/mol. The Hall–Kier alpha value is -1.66. The number of carbonyl (C=O) groups is 1. The van der Waals surface area contributed by atoms with Gasteiger partial charge in [-0.25, -0.2) is 4.39 Å². The first kappa shape index (κ1) is 12.8. The molecule has 1 heterocycles. The number of ether oxygens (including phenoxy) is 2. The molecular formula is C12H15FN2O3. The van der Waals surface area contributed by atoms with E-state index in [2.05, 4.69) is 10.6 Å². The number of halogens is 1. The van der Waals surface area contributed by atoms with Gasteiger partial charge in [0.25, 0.3) is 5.91 Å². The molecule has 1 aliphatic rings. The number of rotatable bonds is 3. The van der Waals surface area contributed by atoms with Gasteiger partial charge in [-0.1, -0.05) is 0 Å². The van der Waals surface area contributed by atoms with Gasteiger partial charge in [-0.3, -0.25) is 4.79 Å². The summed E-state index contributed by atoms with van der Waals surface area (Å²) in [5, 5.41) is 5.66. The molecule has 1 aromatic rings. The molecule has 1 aromatic carbocycles. The molecule has 2 rings (SSSR count). The molecule has 98 valence electrons. The van der Waals surface area contributed by atoms with Crippen molar-refractivity contribution in [3.8, 4) is 5.75 Å². The maximum atomic E-state index is 13.4. The number of amides is 1. The minimum Gasteiger partial charge on any atom is -0.494 e. The summed E-state index contributed by atoms with van der Waals surface area (Å²) in [5.41, 5.74) is 0.382. The fraction of sp³-hybridized carbons (Fsp3) is 0.417. The average Bonchev–Trinajstić information content (AvgIpc) is 2.40. The number of nitrogens with one attached hydrogen (secondary N) is 2. The number of methoxy groups -OCH3 is 1. The van der Waals surface area contributed by atoms with E-state index in [4.69, 9.17) is 9.47 Å². The monoisotopic (exact) mass is 254 g/mol. The summed E-state index contributed by atoms with van der Waals surface area (Å²) >= 11 is 0. The lowest BCUT2D eigenvalue weighted by atomic mass is 10.2. The third-order valence-electron chi connectivity index (χ3n) is 2.64. The first-order valence-electron chi connectivity index (χ1n) is 5.67. The van der Waals surface area contributed by atoms with Crippen LogP contribution in [0.4, 0.5) is 10.1 Å². The van der Waals surface area contributed by atoms with Crippen molar-refractivity contribution >= 4 is 11.6 Å². The second kappa shape index (κ2) is 5.79. The van der Waals surface area contributed by atoms with Crippen LogP contribution in [0, 0.1) is 5.82 Å². The Morgan fingerprint density at radius 2 is 2.44 bits per heavy atom. The van der Waals surface area contributed by atoms with Gasteiger partial charge in [0.1, 0.15) is 6.10 Å². The molecular weight excluding hydrogens is 239 g/mol. The minimum atomic E-state index is -0.538. The molecule has 1 aliphatic heterocycles. The Morgan fingerprint density at radius 1 is 1.61 bits per heavy atom. The lowest BCUT2D eigenvalue weighted by Crippen LogP contribution is -2.45. The first-order chi connectivity index (χ1) is 8.70. The smallest absolute Gasteiger partial charge is 0.254 e. The fourth-order valence-electron chi connectivity index (χ4n) is 1.70. The lowest BCUT2D eigenvalue weighted by Gasteiger charge is -2.22. The molecule has 2 N–H and O–H groups in total. The highest BCUT2D eigenvalue weighted by Gasteiger charge is 2.21. The molecule has 0 aliphatic carbocycles. The van der Waals surface area contributed by atoms with Gasteiger partial charge in [-0.15, -0.1) is 0 Å². The maximum absolute atomic E-state index is 13.4. The summed E-state index contributed by atoms with van der Waals surface area (Å²) in [7, 11) is 1.39. The van der Waals surface area contributed by atoms with E-state index in [1.807, 2.05) is 0 Å². The quantitative estimate of drug-likeness (QED) is 0.836. The third kappa shape index (κ3) is 2.96. The van der Waals surface area contributed by atoms with Crippen molar-refractivity contribution in [2.45, 2.75) is 6.10 Å². The highest BCUT2D eigenvalue weighted by atomic mass is 19.1. The molecule has 0 saturated carbocycles. The second-order valence-corrected chi connectivity index (χ2v) is 3.90. The van der Waals surface area contributed by atoms with Crippen molar-refractivity contribution in [1.82, 2.24) is 5.32 Å². The van der Waals surface area contributed by atoms with Gasteiger partial charge >= 0.3 is 0 Å². The highest BCUT2D eigenvalue weighted by Crippen LogP contribution is 2.20. The average molecular weight is 254 g/mol. The second-order valence-electron chi connectivity index (χ2n) is 3.90. The van der Waals surface area contributed by atoms with Gasteiger partial charge in [0.2, 0.25) is 0 Å². The minimum absolute atomic E-state index is 0.142. The Bertz CT molecular complexity index is 433. The van der Waals surface area contributed by atoms with E-state index >= 15 is 0 Å². The van der Waals surface area contributed by atoms with Crippen molar-refractivity contribution in [2.24, 2.45) is 0 Å². The summed E-state index contributed by atoms with van der Waals surface area (Å²) < 4.78 is 23.5. The van der Waals surface area contributed by atoms with Crippen LogP contribution in [0.15, 0.2) is 18.2 Å². The Morgan fingerprint density at radius 3 is 3.06 bits per heavy atom. The zero-order valence-electron chi connectivity index (χ0n) is 10.0. The van der Waals surface area contributed by atoms with Gasteiger partial charge in [0, 0.05) is 24.8 Å². The van der Waals surface area contributed by atoms with Crippen molar-refractivity contribution < 1.29 is 18.7 Å². The van der Waals surface area contributed by atoms with Crippen LogP contribution < -0.4 is 15.4 Å². The number of anilines is 1. The van der Waals surface area contributed by atoms with Crippen molar-refractivity contribution in [2.75, 3.05) is 32.1 Å². The molecule has 0 radical (unpaired) electrons. The number of morpholine rings is 1. The SMILES string of the molecule is COc1ccc(NC(=O)C2CNCCO2)cc1F. The van der Waals surface area contributed by atoms with Crippen LogP contribution in [-0.4, -0.2) is 38.8 Å². The molecule has 0 spiro atoms. The molecule has 5 nitrogen and oxygen atoms in total. The Labute approximate surface area is 104 Å². The molecule has 0 bridgehead atoms. The van der Waals surface area contributed by atoms with E-state index in [-0.39, 0.29) is 11.7 Å². The Kier molecular flexibility index (Phi) is 4.11. The lowest BCUT2D eigenvalue weighted by molar-refractivity contribution is -0.128. The van der Waals surface area contributed by atoms with Crippen LogP contribution in [-0.2, 0) is 9.53 Å². The molecule has 6 heteroatoms. The number of hydrogen-bond donors (Lipinski definition) is 2. The van der Waals surface area contributed by atoms with Gasteiger partial charge in [-0.2, -0.15) is 0 Å². The maximum Gasteiger partial charge on any atom is 0.254 e. The van der Waals surface area contributed by atoms with E-state index in [0.717, 1.165) is 6.54 Å². The largest absolute Gasteiger partial charge is 0.494 e.